The molecule has 1 saturated carbocycles. The molecule has 2 aliphatic rings. The van der Waals surface area contributed by atoms with Gasteiger partial charge in [0.1, 0.15) is 11.9 Å². The summed E-state index contributed by atoms with van der Waals surface area (Å²) in [5.74, 6) is 2.00. The van der Waals surface area contributed by atoms with Crippen molar-refractivity contribution in [3.63, 3.8) is 0 Å². The number of nitrogens with one attached hydrogen (secondary N) is 1. The van der Waals surface area contributed by atoms with Crippen LogP contribution in [-0.4, -0.2) is 18.7 Å². The molecular weight excluding hydrogens is 210 g/mol. The molecule has 2 heteroatoms. The fourth-order valence-electron chi connectivity index (χ4n) is 2.64. The maximum absolute atomic E-state index is 5.95. The summed E-state index contributed by atoms with van der Waals surface area (Å²) in [6, 6.07) is 7.14. The fourth-order valence-corrected chi connectivity index (χ4v) is 2.64. The van der Waals surface area contributed by atoms with Crippen molar-refractivity contribution in [2.24, 2.45) is 5.92 Å². The predicted octanol–water partition coefficient (Wildman–Crippen LogP) is 2.69. The van der Waals surface area contributed by atoms with Gasteiger partial charge in [0.05, 0.1) is 0 Å². The van der Waals surface area contributed by atoms with E-state index in [4.69, 9.17) is 4.74 Å². The minimum Gasteiger partial charge on any atom is -0.488 e. The van der Waals surface area contributed by atoms with Crippen LogP contribution in [-0.2, 0) is 6.42 Å². The Labute approximate surface area is 103 Å². The Bertz CT molecular complexity index is 411. The second kappa shape index (κ2) is 4.34. The summed E-state index contributed by atoms with van der Waals surface area (Å²) in [4.78, 5) is 0. The highest BCUT2D eigenvalue weighted by molar-refractivity contribution is 5.40. The molecule has 0 bridgehead atoms. The van der Waals surface area contributed by atoms with Crippen LogP contribution in [0.4, 0.5) is 0 Å². The summed E-state index contributed by atoms with van der Waals surface area (Å²) in [5, 5.41) is 3.61. The van der Waals surface area contributed by atoms with Crippen LogP contribution in [0.5, 0.6) is 5.75 Å². The SMILES string of the molecule is Cc1ccc2c(c1)CC(CNC(C)C1CC1)O2. The van der Waals surface area contributed by atoms with E-state index in [1.807, 2.05) is 0 Å². The second-order valence-electron chi connectivity index (χ2n) is 5.59. The standard InChI is InChI=1S/C15H21NO/c1-10-3-6-15-13(7-10)8-14(17-15)9-16-11(2)12-4-5-12/h3,6-7,11-12,14,16H,4-5,8-9H2,1-2H3. The molecule has 3 rings (SSSR count). The van der Waals surface area contributed by atoms with E-state index in [2.05, 4.69) is 37.4 Å². The Kier molecular flexibility index (Phi) is 2.83. The Morgan fingerprint density at radius 3 is 3.00 bits per heavy atom. The van der Waals surface area contributed by atoms with Gasteiger partial charge in [-0.05, 0) is 44.2 Å². The quantitative estimate of drug-likeness (QED) is 0.860. The molecule has 1 aromatic carbocycles. The Morgan fingerprint density at radius 2 is 2.24 bits per heavy atom. The average molecular weight is 231 g/mol. The molecule has 0 amide bonds. The normalized spacial score (nSPS) is 24.2. The van der Waals surface area contributed by atoms with E-state index in [9.17, 15) is 0 Å². The molecule has 1 N–H and O–H groups in total. The Balaban J connectivity index is 1.54. The third-order valence-electron chi connectivity index (χ3n) is 3.95. The lowest BCUT2D eigenvalue weighted by atomic mass is 10.1. The summed E-state index contributed by atoms with van der Waals surface area (Å²) in [6.45, 7) is 5.41. The lowest BCUT2D eigenvalue weighted by Crippen LogP contribution is -2.36. The van der Waals surface area contributed by atoms with Gasteiger partial charge in [-0.2, -0.15) is 0 Å². The van der Waals surface area contributed by atoms with E-state index in [1.54, 1.807) is 0 Å². The first kappa shape index (κ1) is 11.1. The van der Waals surface area contributed by atoms with Crippen molar-refractivity contribution < 1.29 is 4.74 Å². The van der Waals surface area contributed by atoms with Crippen molar-refractivity contribution in [2.45, 2.75) is 45.3 Å². The highest BCUT2D eigenvalue weighted by atomic mass is 16.5. The van der Waals surface area contributed by atoms with Crippen LogP contribution < -0.4 is 10.1 Å². The smallest absolute Gasteiger partial charge is 0.123 e. The number of hydrogen-bond acceptors (Lipinski definition) is 2. The highest BCUT2D eigenvalue weighted by Gasteiger charge is 2.29. The second-order valence-corrected chi connectivity index (χ2v) is 5.59. The summed E-state index contributed by atoms with van der Waals surface area (Å²) >= 11 is 0. The summed E-state index contributed by atoms with van der Waals surface area (Å²) in [5.41, 5.74) is 2.70. The molecule has 2 unspecified atom stereocenters. The zero-order valence-electron chi connectivity index (χ0n) is 10.7. The largest absolute Gasteiger partial charge is 0.488 e. The number of benzene rings is 1. The maximum Gasteiger partial charge on any atom is 0.123 e. The number of fused-ring (bicyclic) bond motifs is 1. The van der Waals surface area contributed by atoms with Crippen LogP contribution in [0, 0.1) is 12.8 Å². The van der Waals surface area contributed by atoms with E-state index >= 15 is 0 Å². The predicted molar refractivity (Wildman–Crippen MR) is 69.5 cm³/mol. The van der Waals surface area contributed by atoms with Crippen LogP contribution in [0.25, 0.3) is 0 Å². The molecule has 1 aromatic rings. The fraction of sp³-hybridized carbons (Fsp3) is 0.600. The molecule has 17 heavy (non-hydrogen) atoms. The average Bonchev–Trinajstić information content (AvgIpc) is 3.07. The molecule has 2 nitrogen and oxygen atoms in total. The molecule has 0 radical (unpaired) electrons. The third kappa shape index (κ3) is 2.47. The van der Waals surface area contributed by atoms with Gasteiger partial charge in [0.25, 0.3) is 0 Å². The van der Waals surface area contributed by atoms with Crippen LogP contribution in [0.15, 0.2) is 18.2 Å². The molecule has 0 aromatic heterocycles. The molecule has 1 aliphatic carbocycles. The van der Waals surface area contributed by atoms with Gasteiger partial charge in [-0.25, -0.2) is 0 Å². The monoisotopic (exact) mass is 231 g/mol. The number of ether oxygens (including phenoxy) is 1. The molecule has 1 heterocycles. The third-order valence-corrected chi connectivity index (χ3v) is 3.95. The Hall–Kier alpha value is -1.02. The number of rotatable bonds is 4. The lowest BCUT2D eigenvalue weighted by Gasteiger charge is -2.16. The van der Waals surface area contributed by atoms with Gasteiger partial charge in [0.15, 0.2) is 0 Å². The van der Waals surface area contributed by atoms with Gasteiger partial charge in [-0.15, -0.1) is 0 Å². The van der Waals surface area contributed by atoms with Crippen LogP contribution in [0.3, 0.4) is 0 Å². The van der Waals surface area contributed by atoms with Crippen molar-refractivity contribution in [3.05, 3.63) is 29.3 Å². The topological polar surface area (TPSA) is 21.3 Å². The van der Waals surface area contributed by atoms with Crippen molar-refractivity contribution in [1.82, 2.24) is 5.32 Å². The molecule has 1 fully saturated rings. The van der Waals surface area contributed by atoms with Gasteiger partial charge in [-0.3, -0.25) is 0 Å². The van der Waals surface area contributed by atoms with E-state index in [-0.39, 0.29) is 0 Å². The van der Waals surface area contributed by atoms with Crippen molar-refractivity contribution in [1.29, 1.82) is 0 Å². The van der Waals surface area contributed by atoms with Crippen LogP contribution in [0.2, 0.25) is 0 Å². The van der Waals surface area contributed by atoms with E-state index in [1.165, 1.54) is 24.0 Å². The van der Waals surface area contributed by atoms with Crippen molar-refractivity contribution in [3.8, 4) is 5.75 Å². The lowest BCUT2D eigenvalue weighted by molar-refractivity contribution is 0.220. The first-order valence-corrected chi connectivity index (χ1v) is 6.72. The highest BCUT2D eigenvalue weighted by Crippen LogP contribution is 2.33. The van der Waals surface area contributed by atoms with Gasteiger partial charge >= 0.3 is 0 Å². The number of hydrogen-bond donors (Lipinski definition) is 1. The molecule has 1 aliphatic heterocycles. The minimum absolute atomic E-state index is 0.327. The summed E-state index contributed by atoms with van der Waals surface area (Å²) in [7, 11) is 0. The van der Waals surface area contributed by atoms with Crippen molar-refractivity contribution >= 4 is 0 Å². The van der Waals surface area contributed by atoms with Crippen LogP contribution in [0.1, 0.15) is 30.9 Å². The molecule has 2 atom stereocenters. The maximum atomic E-state index is 5.95. The molecule has 0 spiro atoms. The van der Waals surface area contributed by atoms with Gasteiger partial charge in [-0.1, -0.05) is 17.7 Å². The molecular formula is C15H21NO. The molecule has 92 valence electrons. The first-order chi connectivity index (χ1) is 8.22. The van der Waals surface area contributed by atoms with Gasteiger partial charge in [0.2, 0.25) is 0 Å². The summed E-state index contributed by atoms with van der Waals surface area (Å²) in [6.07, 6.45) is 4.19. The van der Waals surface area contributed by atoms with Crippen molar-refractivity contribution in [2.75, 3.05) is 6.54 Å². The zero-order chi connectivity index (χ0) is 11.8. The number of aryl methyl sites for hydroxylation is 1. The summed E-state index contributed by atoms with van der Waals surface area (Å²) < 4.78 is 5.95. The van der Waals surface area contributed by atoms with Gasteiger partial charge in [0, 0.05) is 19.0 Å². The zero-order valence-corrected chi connectivity index (χ0v) is 10.7. The van der Waals surface area contributed by atoms with Gasteiger partial charge < -0.3 is 10.1 Å². The van der Waals surface area contributed by atoms with Crippen LogP contribution >= 0.6 is 0 Å². The first-order valence-electron chi connectivity index (χ1n) is 6.72. The molecule has 0 saturated heterocycles. The minimum atomic E-state index is 0.327. The Morgan fingerprint density at radius 1 is 1.41 bits per heavy atom. The van der Waals surface area contributed by atoms with E-state index in [0.29, 0.717) is 12.1 Å². The van der Waals surface area contributed by atoms with E-state index < -0.39 is 0 Å². The van der Waals surface area contributed by atoms with E-state index in [0.717, 1.165) is 24.6 Å².